The van der Waals surface area contributed by atoms with Crippen LogP contribution in [0.5, 0.6) is 0 Å². The van der Waals surface area contributed by atoms with E-state index in [1.807, 2.05) is 0 Å². The average Bonchev–Trinajstić information content (AvgIpc) is 2.95. The second-order valence-corrected chi connectivity index (χ2v) is 5.60. The molecule has 2 fully saturated rings. The van der Waals surface area contributed by atoms with Crippen LogP contribution in [0.2, 0.25) is 0 Å². The molecule has 1 N–H and O–H groups in total. The molecule has 4 nitrogen and oxygen atoms in total. The number of nitrogens with zero attached hydrogens (tertiary/aromatic N) is 2. The summed E-state index contributed by atoms with van der Waals surface area (Å²) in [6, 6.07) is 0.677. The highest BCUT2D eigenvalue weighted by Crippen LogP contribution is 2.37. The predicted molar refractivity (Wildman–Crippen MR) is 67.3 cm³/mol. The zero-order valence-electron chi connectivity index (χ0n) is 10.7. The molecule has 94 valence electrons. The van der Waals surface area contributed by atoms with Gasteiger partial charge in [0.05, 0.1) is 11.3 Å². The molecule has 4 heteroatoms. The van der Waals surface area contributed by atoms with E-state index in [1.54, 1.807) is 0 Å². The second kappa shape index (κ2) is 4.02. The predicted octanol–water partition coefficient (Wildman–Crippen LogP) is 2.51. The van der Waals surface area contributed by atoms with E-state index in [2.05, 4.69) is 34.9 Å². The van der Waals surface area contributed by atoms with Crippen LogP contribution >= 0.6 is 0 Å². The monoisotopic (exact) mass is 235 g/mol. The number of ether oxygens (including phenoxy) is 1. The van der Waals surface area contributed by atoms with Gasteiger partial charge in [0.15, 0.2) is 0 Å². The fourth-order valence-electron chi connectivity index (χ4n) is 2.52. The highest BCUT2D eigenvalue weighted by Gasteiger charge is 2.31. The van der Waals surface area contributed by atoms with Crippen LogP contribution in [0.1, 0.15) is 44.3 Å². The van der Waals surface area contributed by atoms with Crippen LogP contribution in [0, 0.1) is 6.92 Å². The minimum atomic E-state index is -0.00572. The molecule has 3 rings (SSSR count). The van der Waals surface area contributed by atoms with Crippen molar-refractivity contribution in [3.8, 4) is 0 Å². The highest BCUT2D eigenvalue weighted by molar-refractivity contribution is 5.31. The summed E-state index contributed by atoms with van der Waals surface area (Å²) in [6.07, 6.45) is 7.05. The van der Waals surface area contributed by atoms with Crippen molar-refractivity contribution < 1.29 is 4.74 Å². The van der Waals surface area contributed by atoms with Crippen molar-refractivity contribution in [3.05, 3.63) is 11.9 Å². The molecule has 0 aromatic carbocycles. The minimum absolute atomic E-state index is 0.00572. The fraction of sp³-hybridized carbons (Fsp3) is 0.769. The van der Waals surface area contributed by atoms with Crippen LogP contribution in [0.4, 0.5) is 5.95 Å². The summed E-state index contributed by atoms with van der Waals surface area (Å²) in [5.74, 6) is 1.02. The second-order valence-electron chi connectivity index (χ2n) is 5.60. The maximum atomic E-state index is 5.79. The number of anilines is 1. The zero-order chi connectivity index (χ0) is 11.9. The Morgan fingerprint density at radius 2 is 2.41 bits per heavy atom. The van der Waals surface area contributed by atoms with E-state index in [0.29, 0.717) is 6.04 Å². The molecule has 2 aliphatic rings. The number of hydrogen-bond acceptors (Lipinski definition) is 3. The van der Waals surface area contributed by atoms with Crippen molar-refractivity contribution in [2.75, 3.05) is 18.5 Å². The third-order valence-corrected chi connectivity index (χ3v) is 3.71. The van der Waals surface area contributed by atoms with Crippen molar-refractivity contribution in [3.63, 3.8) is 0 Å². The molecule has 0 spiro atoms. The molecule has 1 aromatic heterocycles. The molecular formula is C13H21N3O. The molecular weight excluding hydrogens is 214 g/mol. The Hall–Kier alpha value is -1.03. The lowest BCUT2D eigenvalue weighted by molar-refractivity contribution is 0.0313. The third-order valence-electron chi connectivity index (χ3n) is 3.71. The standard InChI is InChI=1S/C13H21N3O/c1-10-8-16(11-4-5-11)12(15-10)14-9-13(2)6-3-7-17-13/h8,11H,3-7,9H2,1-2H3,(H,14,15). The van der Waals surface area contributed by atoms with Gasteiger partial charge < -0.3 is 14.6 Å². The molecule has 1 saturated heterocycles. The number of aromatic nitrogens is 2. The molecule has 17 heavy (non-hydrogen) atoms. The Morgan fingerprint density at radius 3 is 3.06 bits per heavy atom. The van der Waals surface area contributed by atoms with E-state index in [9.17, 15) is 0 Å². The summed E-state index contributed by atoms with van der Waals surface area (Å²) in [5, 5.41) is 3.46. The van der Waals surface area contributed by atoms with Gasteiger partial charge in [-0.15, -0.1) is 0 Å². The van der Waals surface area contributed by atoms with Crippen LogP contribution in [0.15, 0.2) is 6.20 Å². The smallest absolute Gasteiger partial charge is 0.203 e. The third kappa shape index (κ3) is 2.32. The van der Waals surface area contributed by atoms with E-state index in [-0.39, 0.29) is 5.60 Å². The molecule has 1 atom stereocenters. The number of aryl methyl sites for hydroxylation is 1. The molecule has 1 saturated carbocycles. The van der Waals surface area contributed by atoms with Gasteiger partial charge in [-0.2, -0.15) is 0 Å². The number of rotatable bonds is 4. The SMILES string of the molecule is Cc1cn(C2CC2)c(NCC2(C)CCCO2)n1. The summed E-state index contributed by atoms with van der Waals surface area (Å²) in [6.45, 7) is 5.99. The van der Waals surface area contributed by atoms with Gasteiger partial charge in [-0.25, -0.2) is 4.98 Å². The Morgan fingerprint density at radius 1 is 1.59 bits per heavy atom. The van der Waals surface area contributed by atoms with Crippen LogP contribution in [0.3, 0.4) is 0 Å². The average molecular weight is 235 g/mol. The van der Waals surface area contributed by atoms with Crippen LogP contribution < -0.4 is 5.32 Å². The van der Waals surface area contributed by atoms with Gasteiger partial charge >= 0.3 is 0 Å². The topological polar surface area (TPSA) is 39.1 Å². The zero-order valence-corrected chi connectivity index (χ0v) is 10.7. The van der Waals surface area contributed by atoms with Crippen molar-refractivity contribution in [1.29, 1.82) is 0 Å². The first-order chi connectivity index (χ1) is 8.16. The first-order valence-electron chi connectivity index (χ1n) is 6.60. The molecule has 0 radical (unpaired) electrons. The first-order valence-corrected chi connectivity index (χ1v) is 6.60. The molecule has 0 amide bonds. The maximum Gasteiger partial charge on any atom is 0.203 e. The summed E-state index contributed by atoms with van der Waals surface area (Å²) < 4.78 is 8.07. The number of hydrogen-bond donors (Lipinski definition) is 1. The van der Waals surface area contributed by atoms with E-state index < -0.39 is 0 Å². The van der Waals surface area contributed by atoms with E-state index in [0.717, 1.165) is 31.2 Å². The van der Waals surface area contributed by atoms with E-state index in [1.165, 1.54) is 19.3 Å². The largest absolute Gasteiger partial charge is 0.373 e. The lowest BCUT2D eigenvalue weighted by atomic mass is 10.0. The van der Waals surface area contributed by atoms with Crippen LogP contribution in [0.25, 0.3) is 0 Å². The highest BCUT2D eigenvalue weighted by atomic mass is 16.5. The lowest BCUT2D eigenvalue weighted by Gasteiger charge is -2.23. The van der Waals surface area contributed by atoms with E-state index in [4.69, 9.17) is 4.74 Å². The van der Waals surface area contributed by atoms with Crippen molar-refractivity contribution in [1.82, 2.24) is 9.55 Å². The summed E-state index contributed by atoms with van der Waals surface area (Å²) in [7, 11) is 0. The van der Waals surface area contributed by atoms with Crippen molar-refractivity contribution in [2.24, 2.45) is 0 Å². The van der Waals surface area contributed by atoms with Crippen LogP contribution in [-0.4, -0.2) is 28.3 Å². The van der Waals surface area contributed by atoms with Gasteiger partial charge in [-0.05, 0) is 39.5 Å². The van der Waals surface area contributed by atoms with Crippen molar-refractivity contribution in [2.45, 2.75) is 51.2 Å². The van der Waals surface area contributed by atoms with Gasteiger partial charge in [0.1, 0.15) is 0 Å². The lowest BCUT2D eigenvalue weighted by Crippen LogP contribution is -2.33. The molecule has 1 aliphatic heterocycles. The van der Waals surface area contributed by atoms with Gasteiger partial charge in [0.2, 0.25) is 5.95 Å². The normalized spacial score (nSPS) is 28.6. The van der Waals surface area contributed by atoms with Gasteiger partial charge in [0, 0.05) is 25.4 Å². The quantitative estimate of drug-likeness (QED) is 0.871. The minimum Gasteiger partial charge on any atom is -0.373 e. The summed E-state index contributed by atoms with van der Waals surface area (Å²) in [5.41, 5.74) is 1.09. The molecule has 0 bridgehead atoms. The number of nitrogens with one attached hydrogen (secondary N) is 1. The van der Waals surface area contributed by atoms with Crippen LogP contribution in [-0.2, 0) is 4.74 Å². The Bertz CT molecular complexity index is 403. The summed E-state index contributed by atoms with van der Waals surface area (Å²) >= 11 is 0. The maximum absolute atomic E-state index is 5.79. The van der Waals surface area contributed by atoms with Crippen molar-refractivity contribution >= 4 is 5.95 Å². The van der Waals surface area contributed by atoms with Gasteiger partial charge in [0.25, 0.3) is 0 Å². The van der Waals surface area contributed by atoms with Gasteiger partial charge in [-0.1, -0.05) is 0 Å². The number of imidazole rings is 1. The Kier molecular flexibility index (Phi) is 2.62. The molecule has 1 aromatic rings. The molecule has 2 heterocycles. The van der Waals surface area contributed by atoms with Gasteiger partial charge in [-0.3, -0.25) is 0 Å². The Balaban J connectivity index is 1.68. The fourth-order valence-corrected chi connectivity index (χ4v) is 2.52. The first kappa shape index (κ1) is 11.1. The molecule has 1 aliphatic carbocycles. The molecule has 1 unspecified atom stereocenters. The summed E-state index contributed by atoms with van der Waals surface area (Å²) in [4.78, 5) is 4.56. The van der Waals surface area contributed by atoms with E-state index >= 15 is 0 Å². The Labute approximate surface area is 102 Å².